The van der Waals surface area contributed by atoms with Crippen molar-refractivity contribution in [3.8, 4) is 0 Å². The lowest BCUT2D eigenvalue weighted by Crippen LogP contribution is -2.42. The summed E-state index contributed by atoms with van der Waals surface area (Å²) in [5.41, 5.74) is 0. The average molecular weight is 296 g/mol. The van der Waals surface area contributed by atoms with Gasteiger partial charge in [0.15, 0.2) is 0 Å². The Bertz CT molecular complexity index is 338. The Morgan fingerprint density at radius 3 is 2.33 bits per heavy atom. The number of hydrogen-bond acceptors (Lipinski definition) is 3. The Balaban J connectivity index is 2.00. The fourth-order valence-corrected chi connectivity index (χ4v) is 3.45. The van der Waals surface area contributed by atoms with Crippen LogP contribution in [0.3, 0.4) is 0 Å². The van der Waals surface area contributed by atoms with Gasteiger partial charge in [-0.2, -0.15) is 0 Å². The molecule has 21 heavy (non-hydrogen) atoms. The molecule has 4 heteroatoms. The average Bonchev–Trinajstić information content (AvgIpc) is 2.67. The third kappa shape index (κ3) is 4.68. The Hall–Kier alpha value is -0.610. The third-order valence-electron chi connectivity index (χ3n) is 4.55. The van der Waals surface area contributed by atoms with Crippen molar-refractivity contribution >= 4 is 5.91 Å². The second kappa shape index (κ2) is 7.59. The van der Waals surface area contributed by atoms with Crippen LogP contribution in [-0.4, -0.2) is 42.8 Å². The molecule has 2 rings (SSSR count). The smallest absolute Gasteiger partial charge is 0.241 e. The van der Waals surface area contributed by atoms with E-state index in [1.807, 2.05) is 0 Å². The molecule has 2 unspecified atom stereocenters. The minimum absolute atomic E-state index is 0.0218. The monoisotopic (exact) mass is 296 g/mol. The van der Waals surface area contributed by atoms with Gasteiger partial charge in [0.25, 0.3) is 0 Å². The van der Waals surface area contributed by atoms with Crippen molar-refractivity contribution in [3.05, 3.63) is 0 Å². The topological polar surface area (TPSA) is 41.6 Å². The molecule has 0 spiro atoms. The highest BCUT2D eigenvalue weighted by atomic mass is 16.5. The zero-order chi connectivity index (χ0) is 15.4. The molecule has 2 fully saturated rings. The van der Waals surface area contributed by atoms with E-state index in [2.05, 4.69) is 37.9 Å². The van der Waals surface area contributed by atoms with Gasteiger partial charge in [0.1, 0.15) is 0 Å². The van der Waals surface area contributed by atoms with E-state index >= 15 is 0 Å². The second-order valence-corrected chi connectivity index (χ2v) is 7.54. The van der Waals surface area contributed by atoms with Gasteiger partial charge in [-0.05, 0) is 43.4 Å². The van der Waals surface area contributed by atoms with Crippen LogP contribution in [0.2, 0.25) is 0 Å². The van der Waals surface area contributed by atoms with Gasteiger partial charge in [-0.1, -0.05) is 27.7 Å². The number of nitrogens with one attached hydrogen (secondary N) is 1. The number of hydrogen-bond donors (Lipinski definition) is 1. The first-order valence-corrected chi connectivity index (χ1v) is 8.61. The molecular formula is C17H32N2O2. The predicted molar refractivity (Wildman–Crippen MR) is 84.9 cm³/mol. The summed E-state index contributed by atoms with van der Waals surface area (Å²) in [6, 6.07) is 0.0218. The summed E-state index contributed by atoms with van der Waals surface area (Å²) < 4.78 is 5.44. The fourth-order valence-electron chi connectivity index (χ4n) is 3.45. The summed E-state index contributed by atoms with van der Waals surface area (Å²) in [4.78, 5) is 14.9. The Morgan fingerprint density at radius 2 is 1.76 bits per heavy atom. The van der Waals surface area contributed by atoms with Gasteiger partial charge in [-0.3, -0.25) is 10.1 Å². The van der Waals surface area contributed by atoms with E-state index in [1.54, 1.807) is 0 Å². The Labute approximate surface area is 129 Å². The third-order valence-corrected chi connectivity index (χ3v) is 4.55. The number of ether oxygens (including phenoxy) is 1. The molecule has 0 aromatic heterocycles. The highest BCUT2D eigenvalue weighted by Gasteiger charge is 2.39. The molecule has 2 heterocycles. The van der Waals surface area contributed by atoms with Crippen LogP contribution in [0, 0.1) is 17.8 Å². The van der Waals surface area contributed by atoms with Crippen molar-refractivity contribution in [2.45, 2.75) is 65.6 Å². The van der Waals surface area contributed by atoms with Crippen LogP contribution in [-0.2, 0) is 9.53 Å². The maximum absolute atomic E-state index is 12.7. The van der Waals surface area contributed by atoms with Gasteiger partial charge in [-0.25, -0.2) is 0 Å². The van der Waals surface area contributed by atoms with E-state index in [9.17, 15) is 4.79 Å². The van der Waals surface area contributed by atoms with Crippen molar-refractivity contribution in [3.63, 3.8) is 0 Å². The highest BCUT2D eigenvalue weighted by Crippen LogP contribution is 2.25. The largest absolute Gasteiger partial charge is 0.381 e. The molecule has 4 nitrogen and oxygen atoms in total. The lowest BCUT2D eigenvalue weighted by Gasteiger charge is -2.31. The van der Waals surface area contributed by atoms with E-state index < -0.39 is 0 Å². The lowest BCUT2D eigenvalue weighted by molar-refractivity contribution is -0.131. The summed E-state index contributed by atoms with van der Waals surface area (Å²) in [7, 11) is 0. The van der Waals surface area contributed by atoms with Crippen LogP contribution in [0.4, 0.5) is 0 Å². The molecular weight excluding hydrogens is 264 g/mol. The number of carbonyl (C=O) groups is 1. The lowest BCUT2D eigenvalue weighted by atomic mass is 9.98. The summed E-state index contributed by atoms with van der Waals surface area (Å²) in [5.74, 6) is 2.08. The summed E-state index contributed by atoms with van der Waals surface area (Å²) in [5, 5.41) is 3.59. The zero-order valence-electron chi connectivity index (χ0n) is 14.1. The fraction of sp³-hybridized carbons (Fsp3) is 0.941. The van der Waals surface area contributed by atoms with Crippen molar-refractivity contribution in [1.29, 1.82) is 0 Å². The SMILES string of the molecule is CC(C)CC1NC(CC(C)C)N(CC2CCOCC2)C1=O. The van der Waals surface area contributed by atoms with Crippen molar-refractivity contribution in [2.75, 3.05) is 19.8 Å². The van der Waals surface area contributed by atoms with Gasteiger partial charge in [-0.15, -0.1) is 0 Å². The first-order chi connectivity index (χ1) is 9.97. The van der Waals surface area contributed by atoms with E-state index in [4.69, 9.17) is 4.74 Å². The van der Waals surface area contributed by atoms with Crippen LogP contribution >= 0.6 is 0 Å². The number of nitrogens with zero attached hydrogens (tertiary/aromatic N) is 1. The van der Waals surface area contributed by atoms with Crippen LogP contribution in [0.1, 0.15) is 53.4 Å². The number of amides is 1. The quantitative estimate of drug-likeness (QED) is 0.819. The van der Waals surface area contributed by atoms with Gasteiger partial charge >= 0.3 is 0 Å². The minimum Gasteiger partial charge on any atom is -0.381 e. The molecule has 1 amide bonds. The molecule has 0 bridgehead atoms. The minimum atomic E-state index is 0.0218. The van der Waals surface area contributed by atoms with Gasteiger partial charge in [0.2, 0.25) is 5.91 Å². The van der Waals surface area contributed by atoms with Crippen LogP contribution in [0.5, 0.6) is 0 Å². The van der Waals surface area contributed by atoms with Crippen molar-refractivity contribution in [2.24, 2.45) is 17.8 Å². The van der Waals surface area contributed by atoms with Crippen molar-refractivity contribution < 1.29 is 9.53 Å². The molecule has 0 aliphatic carbocycles. The van der Waals surface area contributed by atoms with E-state index in [0.29, 0.717) is 23.7 Å². The van der Waals surface area contributed by atoms with E-state index in [0.717, 1.165) is 45.4 Å². The van der Waals surface area contributed by atoms with Gasteiger partial charge in [0, 0.05) is 19.8 Å². The zero-order valence-corrected chi connectivity index (χ0v) is 14.1. The molecule has 2 aliphatic rings. The summed E-state index contributed by atoms with van der Waals surface area (Å²) in [6.07, 6.45) is 4.39. The molecule has 0 saturated carbocycles. The molecule has 2 aliphatic heterocycles. The van der Waals surface area contributed by atoms with E-state index in [-0.39, 0.29) is 12.2 Å². The second-order valence-electron chi connectivity index (χ2n) is 7.54. The molecule has 2 atom stereocenters. The van der Waals surface area contributed by atoms with Crippen LogP contribution < -0.4 is 5.32 Å². The maximum Gasteiger partial charge on any atom is 0.241 e. The van der Waals surface area contributed by atoms with Gasteiger partial charge < -0.3 is 9.64 Å². The highest BCUT2D eigenvalue weighted by molar-refractivity contribution is 5.84. The molecule has 122 valence electrons. The Kier molecular flexibility index (Phi) is 6.06. The Morgan fingerprint density at radius 1 is 1.14 bits per heavy atom. The van der Waals surface area contributed by atoms with E-state index in [1.165, 1.54) is 0 Å². The maximum atomic E-state index is 12.7. The summed E-state index contributed by atoms with van der Waals surface area (Å²) >= 11 is 0. The molecule has 0 aromatic carbocycles. The molecule has 1 N–H and O–H groups in total. The molecule has 2 saturated heterocycles. The predicted octanol–water partition coefficient (Wildman–Crippen LogP) is 2.63. The van der Waals surface area contributed by atoms with Crippen LogP contribution in [0.15, 0.2) is 0 Å². The number of rotatable bonds is 6. The molecule has 0 radical (unpaired) electrons. The summed E-state index contributed by atoms with van der Waals surface area (Å²) in [6.45, 7) is 11.4. The van der Waals surface area contributed by atoms with Crippen molar-refractivity contribution in [1.82, 2.24) is 10.2 Å². The first kappa shape index (κ1) is 16.8. The normalized spacial score (nSPS) is 28.1. The van der Waals surface area contributed by atoms with Gasteiger partial charge in [0.05, 0.1) is 12.2 Å². The molecule has 0 aromatic rings. The van der Waals surface area contributed by atoms with Crippen LogP contribution in [0.25, 0.3) is 0 Å². The standard InChI is InChI=1S/C17H32N2O2/c1-12(2)9-15-17(20)19(16(18-15)10-13(3)4)11-14-5-7-21-8-6-14/h12-16,18H,5-11H2,1-4H3. The first-order valence-electron chi connectivity index (χ1n) is 8.61. The number of carbonyl (C=O) groups excluding carboxylic acids is 1.